The quantitative estimate of drug-likeness (QED) is 0.0851. The van der Waals surface area contributed by atoms with Crippen molar-refractivity contribution in [3.05, 3.63) is 35.9 Å². The van der Waals surface area contributed by atoms with E-state index >= 15 is 0 Å². The van der Waals surface area contributed by atoms with Crippen molar-refractivity contribution in [2.45, 2.75) is 31.3 Å². The van der Waals surface area contributed by atoms with Crippen LogP contribution in [-0.4, -0.2) is 126 Å². The molecule has 1 rings (SSSR count). The molecule has 19 heteroatoms. The number of sulfone groups is 1. The summed E-state index contributed by atoms with van der Waals surface area (Å²) in [6, 6.07) is 4.54. The van der Waals surface area contributed by atoms with Gasteiger partial charge in [-0.1, -0.05) is 30.3 Å². The lowest BCUT2D eigenvalue weighted by molar-refractivity contribution is -0.142. The maximum atomic E-state index is 13.2. The number of rotatable bonds is 25. The van der Waals surface area contributed by atoms with Gasteiger partial charge >= 0.3 is 11.9 Å². The Morgan fingerprint density at radius 1 is 0.844 bits per heavy atom. The maximum absolute atomic E-state index is 13.2. The number of halogens is 4. The predicted molar refractivity (Wildman–Crippen MR) is 176 cm³/mol. The number of amides is 2. The minimum Gasteiger partial charge on any atom is -0.481 e. The molecule has 4 N–H and O–H groups in total. The van der Waals surface area contributed by atoms with Gasteiger partial charge in [0.15, 0.2) is 24.3 Å². The third-order valence-corrected chi connectivity index (χ3v) is 10.5. The molecule has 0 bridgehead atoms. The summed E-state index contributed by atoms with van der Waals surface area (Å²) in [6.45, 7) is 1.30. The van der Waals surface area contributed by atoms with Gasteiger partial charge in [0.05, 0.1) is 18.1 Å². The molecule has 1 aromatic carbocycles. The maximum Gasteiger partial charge on any atom is 0.330 e. The zero-order valence-electron chi connectivity index (χ0n) is 24.5. The fraction of sp³-hybridized carbons (Fsp3) is 0.615. The zero-order valence-corrected chi connectivity index (χ0v) is 29.2. The van der Waals surface area contributed by atoms with Gasteiger partial charge in [-0.3, -0.25) is 14.4 Å². The molecule has 0 saturated carbocycles. The minimum atomic E-state index is -4.10. The number of nitrogens with one attached hydrogen (secondary N) is 2. The molecule has 1 aromatic rings. The number of hydrogen-bond acceptors (Lipinski definition) is 9. The van der Waals surface area contributed by atoms with E-state index in [1.807, 2.05) is 9.34 Å². The molecule has 0 aromatic heterocycles. The van der Waals surface area contributed by atoms with Crippen LogP contribution in [0, 0.1) is 0 Å². The van der Waals surface area contributed by atoms with Gasteiger partial charge in [0.1, 0.15) is 6.04 Å². The van der Waals surface area contributed by atoms with Gasteiger partial charge in [-0.2, -0.15) is 0 Å². The summed E-state index contributed by atoms with van der Waals surface area (Å²) < 4.78 is 36.3. The number of aliphatic carboxylic acids is 2. The Labute approximate surface area is 284 Å². The fourth-order valence-electron chi connectivity index (χ4n) is 3.91. The molecule has 0 spiro atoms. The normalized spacial score (nSPS) is 13.1. The molecule has 2 atom stereocenters. The van der Waals surface area contributed by atoms with Crippen molar-refractivity contribution in [2.24, 2.45) is 0 Å². The lowest BCUT2D eigenvalue weighted by Gasteiger charge is -2.37. The molecule has 0 radical (unpaired) electrons. The first-order chi connectivity index (χ1) is 21.4. The Hall–Kier alpha value is -1.48. The van der Waals surface area contributed by atoms with E-state index in [0.29, 0.717) is 26.2 Å². The molecule has 45 heavy (non-hydrogen) atoms. The third-order valence-electron chi connectivity index (χ3n) is 5.99. The van der Waals surface area contributed by atoms with Gasteiger partial charge in [-0.05, 0) is 12.0 Å². The number of carbonyl (C=O) groups excluding carboxylic acids is 2. The van der Waals surface area contributed by atoms with Crippen molar-refractivity contribution in [3.8, 4) is 0 Å². The Morgan fingerprint density at radius 2 is 1.38 bits per heavy atom. The van der Waals surface area contributed by atoms with Crippen molar-refractivity contribution in [3.63, 3.8) is 0 Å². The van der Waals surface area contributed by atoms with E-state index in [9.17, 15) is 32.7 Å². The van der Waals surface area contributed by atoms with Crippen LogP contribution in [0.25, 0.3) is 0 Å². The van der Waals surface area contributed by atoms with Crippen molar-refractivity contribution in [2.75, 3.05) is 67.8 Å². The van der Waals surface area contributed by atoms with Crippen LogP contribution in [-0.2, 0) is 33.5 Å². The molecule has 2 unspecified atom stereocenters. The number of carboxylic acid groups (broad SMARTS) is 2. The number of benzene rings is 1. The highest BCUT2D eigenvalue weighted by Gasteiger charge is 2.32. The SMILES string of the molecule is O=C(O)CCCC(=O)NC(CS(=O)(=O)CCOP(N(CCCl)CCCl)N(CCCl)CCCl)C(=O)NC(C(=O)O)c1ccccc1. The van der Waals surface area contributed by atoms with Crippen LogP contribution in [0.5, 0.6) is 0 Å². The second-order valence-corrected chi connectivity index (χ2v) is 15.1. The van der Waals surface area contributed by atoms with Gasteiger partial charge < -0.3 is 25.4 Å². The van der Waals surface area contributed by atoms with Gasteiger partial charge in [0.2, 0.25) is 11.8 Å². The first-order valence-electron chi connectivity index (χ1n) is 13.8. The molecular weight excluding hydrogens is 717 g/mol. The molecule has 0 fully saturated rings. The highest BCUT2D eigenvalue weighted by Crippen LogP contribution is 2.45. The molecule has 256 valence electrons. The summed E-state index contributed by atoms with van der Waals surface area (Å²) in [6.07, 6.45) is -0.658. The van der Waals surface area contributed by atoms with E-state index in [2.05, 4.69) is 10.6 Å². The van der Waals surface area contributed by atoms with Crippen LogP contribution in [0.3, 0.4) is 0 Å². The van der Waals surface area contributed by atoms with Crippen molar-refractivity contribution in [1.82, 2.24) is 20.0 Å². The summed E-state index contributed by atoms with van der Waals surface area (Å²) in [5.74, 6) is -4.72. The molecule has 0 aliphatic heterocycles. The fourth-order valence-corrected chi connectivity index (χ4v) is 8.59. The average molecular weight is 756 g/mol. The van der Waals surface area contributed by atoms with E-state index in [1.54, 1.807) is 18.2 Å². The Kier molecular flexibility index (Phi) is 21.2. The molecular formula is C26H39Cl4N4O9PS. The topological polar surface area (TPSA) is 183 Å². The Bertz CT molecular complexity index is 1150. The first-order valence-corrected chi connectivity index (χ1v) is 19.0. The van der Waals surface area contributed by atoms with Gasteiger partial charge in [0.25, 0.3) is 0 Å². The number of nitrogens with zero attached hydrogens (tertiary/aromatic N) is 2. The highest BCUT2D eigenvalue weighted by molar-refractivity contribution is 7.91. The van der Waals surface area contributed by atoms with E-state index in [-0.39, 0.29) is 55.0 Å². The summed E-state index contributed by atoms with van der Waals surface area (Å²) in [5, 5.41) is 23.2. The Balaban J connectivity index is 3.15. The molecule has 13 nitrogen and oxygen atoms in total. The summed E-state index contributed by atoms with van der Waals surface area (Å²) >= 11 is 23.9. The average Bonchev–Trinajstić information content (AvgIpc) is 2.97. The lowest BCUT2D eigenvalue weighted by Crippen LogP contribution is -2.52. The molecule has 2 amide bonds. The van der Waals surface area contributed by atoms with E-state index in [1.165, 1.54) is 12.1 Å². The van der Waals surface area contributed by atoms with Crippen LogP contribution in [0.2, 0.25) is 0 Å². The Morgan fingerprint density at radius 3 is 1.84 bits per heavy atom. The number of carbonyl (C=O) groups is 4. The summed E-state index contributed by atoms with van der Waals surface area (Å²) in [7, 11) is -5.66. The third kappa shape index (κ3) is 16.8. The number of alkyl halides is 4. The second-order valence-electron chi connectivity index (χ2n) is 9.42. The lowest BCUT2D eigenvalue weighted by atomic mass is 10.1. The molecule has 0 saturated heterocycles. The van der Waals surface area contributed by atoms with Crippen LogP contribution in [0.15, 0.2) is 30.3 Å². The largest absolute Gasteiger partial charge is 0.481 e. The van der Waals surface area contributed by atoms with E-state index in [0.717, 1.165) is 0 Å². The van der Waals surface area contributed by atoms with E-state index in [4.69, 9.17) is 56.0 Å². The predicted octanol–water partition coefficient (Wildman–Crippen LogP) is 2.89. The van der Waals surface area contributed by atoms with Gasteiger partial charge in [0, 0.05) is 62.5 Å². The summed E-state index contributed by atoms with van der Waals surface area (Å²) in [5.41, 5.74) is 0.228. The molecule has 0 aliphatic rings. The summed E-state index contributed by atoms with van der Waals surface area (Å²) in [4.78, 5) is 48.5. The van der Waals surface area contributed by atoms with Crippen molar-refractivity contribution in [1.29, 1.82) is 0 Å². The molecule has 0 aliphatic carbocycles. The molecule has 0 heterocycles. The standard InChI is InChI=1S/C26H39Cl4N4O9PS/c27-9-13-33(14-10-28)44(34(15-11-29)16-12-30)43-17-18-45(41,42)19-21(31-22(35)7-4-8-23(36)37)25(38)32-24(26(39)40)20-5-2-1-3-6-20/h1-3,5-6,21,24H,4,7-19H2,(H,31,35)(H,32,38)(H,36,37)(H,39,40). The van der Waals surface area contributed by atoms with Crippen LogP contribution in [0.1, 0.15) is 30.9 Å². The second kappa shape index (κ2) is 22.9. The first kappa shape index (κ1) is 41.5. The number of hydrogen-bond donors (Lipinski definition) is 4. The van der Waals surface area contributed by atoms with Crippen LogP contribution in [0.4, 0.5) is 0 Å². The van der Waals surface area contributed by atoms with Crippen molar-refractivity contribution < 1.29 is 42.3 Å². The van der Waals surface area contributed by atoms with Crippen molar-refractivity contribution >= 4 is 88.4 Å². The van der Waals surface area contributed by atoms with E-state index < -0.39 is 65.6 Å². The zero-order chi connectivity index (χ0) is 33.8. The van der Waals surface area contributed by atoms with Crippen LogP contribution >= 0.6 is 54.9 Å². The highest BCUT2D eigenvalue weighted by atomic mass is 35.5. The van der Waals surface area contributed by atoms with Crippen LogP contribution < -0.4 is 10.6 Å². The van der Waals surface area contributed by atoms with Gasteiger partial charge in [-0.25, -0.2) is 22.6 Å². The monoisotopic (exact) mass is 754 g/mol. The smallest absolute Gasteiger partial charge is 0.330 e. The minimum absolute atomic E-state index is 0.0520. The van der Waals surface area contributed by atoms with Gasteiger partial charge in [-0.15, -0.1) is 46.4 Å². The number of carboxylic acids is 2.